The van der Waals surface area contributed by atoms with Crippen LogP contribution in [0.4, 0.5) is 35.8 Å². The van der Waals surface area contributed by atoms with E-state index in [1.165, 1.54) is 25.3 Å². The van der Waals surface area contributed by atoms with E-state index in [1.807, 2.05) is 84.9 Å². The molecule has 0 aromatic heterocycles. The first-order chi connectivity index (χ1) is 25.8. The largest absolute Gasteiger partial charge is 0.439 e. The maximum atomic E-state index is 13.9. The van der Waals surface area contributed by atoms with Crippen molar-refractivity contribution in [2.24, 2.45) is 0 Å². The third-order valence-electron chi connectivity index (χ3n) is 8.30. The lowest BCUT2D eigenvalue weighted by molar-refractivity contribution is -0.290. The fourth-order valence-corrected chi connectivity index (χ4v) is 5.90. The van der Waals surface area contributed by atoms with Crippen molar-refractivity contribution >= 4 is 35.3 Å². The van der Waals surface area contributed by atoms with Crippen molar-refractivity contribution < 1.29 is 47.6 Å². The molecule has 4 N–H and O–H groups in total. The topological polar surface area (TPSA) is 154 Å². The van der Waals surface area contributed by atoms with Crippen LogP contribution >= 0.6 is 0 Å². The number of aliphatic hydroxyl groups is 1. The lowest BCUT2D eigenvalue weighted by atomic mass is 9.98. The third-order valence-corrected chi connectivity index (χ3v) is 8.30. The molecule has 0 spiro atoms. The highest BCUT2D eigenvalue weighted by Gasteiger charge is 2.53. The highest BCUT2D eigenvalue weighted by Crippen LogP contribution is 2.33. The van der Waals surface area contributed by atoms with Gasteiger partial charge >= 0.3 is 18.3 Å². The van der Waals surface area contributed by atoms with E-state index in [9.17, 15) is 23.9 Å². The Hall–Kier alpha value is -6.28. The number of rotatable bonds is 10. The van der Waals surface area contributed by atoms with Crippen molar-refractivity contribution in [3.63, 3.8) is 0 Å². The monoisotopic (exact) mass is 721 g/mol. The van der Waals surface area contributed by atoms with Crippen LogP contribution in [0.25, 0.3) is 22.3 Å². The summed E-state index contributed by atoms with van der Waals surface area (Å²) < 4.78 is 42.6. The Morgan fingerprint density at radius 3 is 1.64 bits per heavy atom. The third kappa shape index (κ3) is 9.15. The number of hydrogen-bond acceptors (Lipinski definition) is 9. The van der Waals surface area contributed by atoms with Crippen molar-refractivity contribution in [2.75, 3.05) is 29.7 Å². The Labute approximate surface area is 304 Å². The van der Waals surface area contributed by atoms with E-state index in [0.717, 1.165) is 17.2 Å². The van der Waals surface area contributed by atoms with Gasteiger partial charge in [-0.05, 0) is 41.5 Å². The van der Waals surface area contributed by atoms with Crippen molar-refractivity contribution in [3.8, 4) is 22.3 Å². The van der Waals surface area contributed by atoms with Crippen LogP contribution in [0, 0.1) is 5.82 Å². The van der Waals surface area contributed by atoms with Crippen LogP contribution in [0.5, 0.6) is 0 Å². The molecule has 12 nitrogen and oxygen atoms in total. The van der Waals surface area contributed by atoms with Crippen molar-refractivity contribution in [2.45, 2.75) is 30.7 Å². The predicted octanol–water partition coefficient (Wildman–Crippen LogP) is 7.68. The van der Waals surface area contributed by atoms with Gasteiger partial charge in [0.2, 0.25) is 0 Å². The number of halogens is 1. The number of para-hydroxylation sites is 2. The summed E-state index contributed by atoms with van der Waals surface area (Å²) in [6, 6.07) is 37.9. The molecule has 0 aliphatic carbocycles. The lowest BCUT2D eigenvalue weighted by Crippen LogP contribution is -2.63. The van der Waals surface area contributed by atoms with Gasteiger partial charge in [0.15, 0.2) is 24.6 Å². The van der Waals surface area contributed by atoms with Crippen molar-refractivity contribution in [3.05, 3.63) is 139 Å². The Kier molecular flexibility index (Phi) is 11.9. The molecule has 13 heteroatoms. The van der Waals surface area contributed by atoms with Crippen LogP contribution in [0.1, 0.15) is 0 Å². The first-order valence-corrected chi connectivity index (χ1v) is 16.6. The SMILES string of the molecule is CO[C@H]1O[C@H](CO)[C@@H](OC(=O)Nc2cccc(F)c2)[C@H](OC(=O)Nc2ccccc2-c2ccccc2)[C@@H]1OC(=O)Nc1ccccc1-c1ccccc1. The molecular formula is C40H36FN3O9. The summed E-state index contributed by atoms with van der Waals surface area (Å²) in [6.07, 6.45) is -10.5. The second-order valence-corrected chi connectivity index (χ2v) is 11.8. The van der Waals surface area contributed by atoms with Gasteiger partial charge in [0.25, 0.3) is 0 Å². The minimum absolute atomic E-state index is 0.0685. The Bertz CT molecular complexity index is 2020. The van der Waals surface area contributed by atoms with E-state index in [1.54, 1.807) is 24.3 Å². The van der Waals surface area contributed by atoms with Gasteiger partial charge in [0.1, 0.15) is 11.9 Å². The second-order valence-electron chi connectivity index (χ2n) is 11.8. The zero-order valence-electron chi connectivity index (χ0n) is 28.4. The predicted molar refractivity (Wildman–Crippen MR) is 195 cm³/mol. The average molecular weight is 722 g/mol. The Morgan fingerprint density at radius 1 is 0.623 bits per heavy atom. The molecule has 5 aromatic carbocycles. The summed E-state index contributed by atoms with van der Waals surface area (Å²) in [6.45, 7) is -0.723. The van der Waals surface area contributed by atoms with E-state index >= 15 is 0 Å². The van der Waals surface area contributed by atoms with Gasteiger partial charge in [-0.3, -0.25) is 16.0 Å². The van der Waals surface area contributed by atoms with Gasteiger partial charge in [-0.2, -0.15) is 0 Å². The molecule has 1 heterocycles. The van der Waals surface area contributed by atoms with Crippen molar-refractivity contribution in [1.29, 1.82) is 0 Å². The average Bonchev–Trinajstić information content (AvgIpc) is 3.17. The number of methoxy groups -OCH3 is 1. The number of amides is 3. The fraction of sp³-hybridized carbons (Fsp3) is 0.175. The molecule has 0 unspecified atom stereocenters. The minimum atomic E-state index is -1.61. The van der Waals surface area contributed by atoms with Crippen LogP contribution in [-0.2, 0) is 23.7 Å². The van der Waals surface area contributed by atoms with Crippen LogP contribution in [0.2, 0.25) is 0 Å². The molecule has 1 aliphatic heterocycles. The zero-order valence-corrected chi connectivity index (χ0v) is 28.4. The van der Waals surface area contributed by atoms with Crippen LogP contribution in [0.3, 0.4) is 0 Å². The molecule has 1 fully saturated rings. The van der Waals surface area contributed by atoms with Crippen molar-refractivity contribution in [1.82, 2.24) is 0 Å². The normalized spacial score (nSPS) is 19.3. The molecule has 53 heavy (non-hydrogen) atoms. The second kappa shape index (κ2) is 17.3. The molecule has 0 radical (unpaired) electrons. The fourth-order valence-electron chi connectivity index (χ4n) is 5.90. The highest BCUT2D eigenvalue weighted by molar-refractivity contribution is 5.93. The van der Waals surface area contributed by atoms with E-state index < -0.39 is 61.4 Å². The Balaban J connectivity index is 1.29. The maximum absolute atomic E-state index is 13.9. The van der Waals surface area contributed by atoms with Crippen LogP contribution < -0.4 is 16.0 Å². The van der Waals surface area contributed by atoms with Gasteiger partial charge in [0.05, 0.1) is 18.0 Å². The molecule has 0 saturated carbocycles. The lowest BCUT2D eigenvalue weighted by Gasteiger charge is -2.43. The number of carbonyl (C=O) groups is 3. The first-order valence-electron chi connectivity index (χ1n) is 16.6. The van der Waals surface area contributed by atoms with Gasteiger partial charge in [-0.15, -0.1) is 0 Å². The van der Waals surface area contributed by atoms with Gasteiger partial charge < -0.3 is 28.8 Å². The molecule has 5 atom stereocenters. The number of hydrogen-bond donors (Lipinski definition) is 4. The standard InChI is InChI=1S/C40H36FN3O9/c1-49-37-36(53-40(48)44-32-22-11-9-20-30(32)26-15-6-3-7-16-26)35(34(33(24-45)50-37)51-38(46)42-28-18-12-17-27(41)23-28)52-39(47)43-31-21-10-8-19-29(31)25-13-4-2-5-14-25/h2-23,33-37,45H,24H2,1H3,(H,42,46)(H,43,47)(H,44,48)/t33-,34-,35+,36+,37+/m1/s1. The maximum Gasteiger partial charge on any atom is 0.412 e. The summed E-state index contributed by atoms with van der Waals surface area (Å²) in [7, 11) is 1.27. The molecule has 5 aromatic rings. The summed E-state index contributed by atoms with van der Waals surface area (Å²) >= 11 is 0. The number of nitrogens with one attached hydrogen (secondary N) is 3. The molecular weight excluding hydrogens is 685 g/mol. The van der Waals surface area contributed by atoms with Crippen LogP contribution in [-0.4, -0.2) is 67.8 Å². The summed E-state index contributed by atoms with van der Waals surface area (Å²) in [5, 5.41) is 18.2. The molecule has 3 amide bonds. The molecule has 1 saturated heterocycles. The Morgan fingerprint density at radius 2 is 1.11 bits per heavy atom. The van der Waals surface area contributed by atoms with Gasteiger partial charge in [0, 0.05) is 23.9 Å². The smallest absolute Gasteiger partial charge is 0.412 e. The summed E-state index contributed by atoms with van der Waals surface area (Å²) in [5.74, 6) is -0.609. The molecule has 272 valence electrons. The molecule has 1 aliphatic rings. The summed E-state index contributed by atoms with van der Waals surface area (Å²) in [4.78, 5) is 40.5. The number of aliphatic hydroxyl groups excluding tert-OH is 1. The molecule has 6 rings (SSSR count). The van der Waals surface area contributed by atoms with E-state index in [0.29, 0.717) is 22.5 Å². The van der Waals surface area contributed by atoms with Gasteiger partial charge in [-0.25, -0.2) is 18.8 Å². The van der Waals surface area contributed by atoms with Gasteiger partial charge in [-0.1, -0.05) is 103 Å². The minimum Gasteiger partial charge on any atom is -0.439 e. The van der Waals surface area contributed by atoms with Crippen LogP contribution in [0.15, 0.2) is 133 Å². The quantitative estimate of drug-likeness (QED) is 0.106. The highest BCUT2D eigenvalue weighted by atomic mass is 19.1. The summed E-state index contributed by atoms with van der Waals surface area (Å²) in [5.41, 5.74) is 3.91. The number of ether oxygens (including phenoxy) is 5. The zero-order chi connectivity index (χ0) is 37.2. The molecule has 0 bridgehead atoms. The van der Waals surface area contributed by atoms with E-state index in [4.69, 9.17) is 23.7 Å². The number of carbonyl (C=O) groups excluding carboxylic acids is 3. The number of anilines is 3. The number of benzene rings is 5. The van der Waals surface area contributed by atoms with E-state index in [-0.39, 0.29) is 5.69 Å². The van der Waals surface area contributed by atoms with E-state index in [2.05, 4.69) is 16.0 Å². The first kappa shape index (κ1) is 36.5.